The lowest BCUT2D eigenvalue weighted by molar-refractivity contribution is 0.386. The van der Waals surface area contributed by atoms with E-state index in [9.17, 15) is 0 Å². The third-order valence-electron chi connectivity index (χ3n) is 3.11. The number of aryl methyl sites for hydroxylation is 1. The summed E-state index contributed by atoms with van der Waals surface area (Å²) in [6.45, 7) is 7.84. The van der Waals surface area contributed by atoms with Gasteiger partial charge in [0.2, 0.25) is 0 Å². The van der Waals surface area contributed by atoms with E-state index in [0.29, 0.717) is 6.04 Å². The number of rotatable bonds is 6. The van der Waals surface area contributed by atoms with Crippen LogP contribution in [0.3, 0.4) is 0 Å². The fourth-order valence-electron chi connectivity index (χ4n) is 1.81. The van der Waals surface area contributed by atoms with Crippen LogP contribution < -0.4 is 5.32 Å². The van der Waals surface area contributed by atoms with E-state index in [1.165, 1.54) is 18.4 Å². The van der Waals surface area contributed by atoms with Gasteiger partial charge in [0.05, 0.1) is 0 Å². The zero-order valence-electron chi connectivity index (χ0n) is 10.2. The summed E-state index contributed by atoms with van der Waals surface area (Å²) in [6, 6.07) is 11.4. The van der Waals surface area contributed by atoms with Crippen molar-refractivity contribution in [1.82, 2.24) is 5.32 Å². The van der Waals surface area contributed by atoms with Gasteiger partial charge in [-0.25, -0.2) is 0 Å². The number of hydrogen-bond donors (Lipinski definition) is 1. The molecule has 84 valence electrons. The first-order valence-electron chi connectivity index (χ1n) is 6.01. The largest absolute Gasteiger partial charge is 0.314 e. The molecule has 0 radical (unpaired) electrons. The van der Waals surface area contributed by atoms with Crippen LogP contribution in [0.2, 0.25) is 0 Å². The molecular weight excluding hydrogens is 182 g/mol. The van der Waals surface area contributed by atoms with Crippen molar-refractivity contribution >= 4 is 0 Å². The van der Waals surface area contributed by atoms with Crippen LogP contribution in [0, 0.1) is 5.92 Å². The molecule has 1 aromatic rings. The molecule has 1 N–H and O–H groups in total. The molecule has 1 heteroatoms. The van der Waals surface area contributed by atoms with Crippen LogP contribution in [0.1, 0.15) is 32.8 Å². The summed E-state index contributed by atoms with van der Waals surface area (Å²) in [6.07, 6.45) is 2.45. The van der Waals surface area contributed by atoms with Gasteiger partial charge < -0.3 is 5.32 Å². The van der Waals surface area contributed by atoms with Crippen LogP contribution in [0.4, 0.5) is 0 Å². The summed E-state index contributed by atoms with van der Waals surface area (Å²) in [5.74, 6) is 0.741. The first-order valence-corrected chi connectivity index (χ1v) is 6.01. The highest BCUT2D eigenvalue weighted by Crippen LogP contribution is 2.12. The molecule has 0 spiro atoms. The maximum Gasteiger partial charge on any atom is 0.00643 e. The Morgan fingerprint density at radius 3 is 2.40 bits per heavy atom. The van der Waals surface area contributed by atoms with E-state index >= 15 is 0 Å². The van der Waals surface area contributed by atoms with Crippen LogP contribution in [-0.4, -0.2) is 12.6 Å². The first-order chi connectivity index (χ1) is 7.24. The normalized spacial score (nSPS) is 14.9. The SMILES string of the molecule is CCNC(C)C(C)CCc1ccccc1. The third kappa shape index (κ3) is 4.48. The highest BCUT2D eigenvalue weighted by Gasteiger charge is 2.10. The lowest BCUT2D eigenvalue weighted by atomic mass is 9.95. The fraction of sp³-hybridized carbons (Fsp3) is 0.571. The molecule has 1 nitrogen and oxygen atoms in total. The second kappa shape index (κ2) is 6.62. The van der Waals surface area contributed by atoms with Gasteiger partial charge in [-0.05, 0) is 37.8 Å². The van der Waals surface area contributed by atoms with Gasteiger partial charge in [-0.1, -0.05) is 44.2 Å². The Labute approximate surface area is 93.9 Å². The van der Waals surface area contributed by atoms with E-state index < -0.39 is 0 Å². The highest BCUT2D eigenvalue weighted by molar-refractivity contribution is 5.14. The molecule has 0 saturated carbocycles. The summed E-state index contributed by atoms with van der Waals surface area (Å²) in [7, 11) is 0. The Morgan fingerprint density at radius 2 is 1.80 bits per heavy atom. The third-order valence-corrected chi connectivity index (χ3v) is 3.11. The summed E-state index contributed by atoms with van der Waals surface area (Å²) >= 11 is 0. The minimum Gasteiger partial charge on any atom is -0.314 e. The lowest BCUT2D eigenvalue weighted by Crippen LogP contribution is -2.32. The first kappa shape index (κ1) is 12.3. The Morgan fingerprint density at radius 1 is 1.13 bits per heavy atom. The quantitative estimate of drug-likeness (QED) is 0.751. The Kier molecular flexibility index (Phi) is 5.41. The highest BCUT2D eigenvalue weighted by atomic mass is 14.9. The molecule has 0 aliphatic heterocycles. The van der Waals surface area contributed by atoms with Gasteiger partial charge in [-0.2, -0.15) is 0 Å². The molecule has 0 fully saturated rings. The minimum absolute atomic E-state index is 0.624. The zero-order chi connectivity index (χ0) is 11.1. The molecule has 1 rings (SSSR count). The van der Waals surface area contributed by atoms with E-state index in [4.69, 9.17) is 0 Å². The predicted octanol–water partition coefficient (Wildman–Crippen LogP) is 3.25. The van der Waals surface area contributed by atoms with Gasteiger partial charge in [0, 0.05) is 6.04 Å². The topological polar surface area (TPSA) is 12.0 Å². The van der Waals surface area contributed by atoms with Crippen molar-refractivity contribution in [2.24, 2.45) is 5.92 Å². The van der Waals surface area contributed by atoms with Crippen molar-refractivity contribution < 1.29 is 0 Å². The average Bonchev–Trinajstić information content (AvgIpc) is 2.27. The van der Waals surface area contributed by atoms with Crippen LogP contribution in [0.5, 0.6) is 0 Å². The Bertz CT molecular complexity index is 255. The van der Waals surface area contributed by atoms with Gasteiger partial charge in [0.15, 0.2) is 0 Å². The van der Waals surface area contributed by atoms with E-state index in [2.05, 4.69) is 56.4 Å². The van der Waals surface area contributed by atoms with Crippen molar-refractivity contribution in [3.63, 3.8) is 0 Å². The van der Waals surface area contributed by atoms with E-state index in [1.54, 1.807) is 0 Å². The van der Waals surface area contributed by atoms with Crippen molar-refractivity contribution in [2.45, 2.75) is 39.7 Å². The number of benzene rings is 1. The lowest BCUT2D eigenvalue weighted by Gasteiger charge is -2.20. The number of hydrogen-bond acceptors (Lipinski definition) is 1. The maximum atomic E-state index is 3.48. The molecule has 2 unspecified atom stereocenters. The van der Waals surface area contributed by atoms with Crippen LogP contribution in [0.15, 0.2) is 30.3 Å². The molecule has 0 saturated heterocycles. The summed E-state index contributed by atoms with van der Waals surface area (Å²) < 4.78 is 0. The van der Waals surface area contributed by atoms with Gasteiger partial charge in [0.1, 0.15) is 0 Å². The molecule has 15 heavy (non-hydrogen) atoms. The number of nitrogens with one attached hydrogen (secondary N) is 1. The molecule has 0 aliphatic rings. The summed E-state index contributed by atoms with van der Waals surface area (Å²) in [5, 5.41) is 3.48. The van der Waals surface area contributed by atoms with Crippen molar-refractivity contribution in [1.29, 1.82) is 0 Å². The van der Waals surface area contributed by atoms with Crippen molar-refractivity contribution in [3.8, 4) is 0 Å². The second-order valence-corrected chi connectivity index (χ2v) is 4.35. The molecule has 0 amide bonds. The average molecular weight is 205 g/mol. The predicted molar refractivity (Wildman–Crippen MR) is 67.1 cm³/mol. The molecule has 0 bridgehead atoms. The monoisotopic (exact) mass is 205 g/mol. The minimum atomic E-state index is 0.624. The van der Waals surface area contributed by atoms with E-state index in [0.717, 1.165) is 12.5 Å². The van der Waals surface area contributed by atoms with Gasteiger partial charge >= 0.3 is 0 Å². The van der Waals surface area contributed by atoms with Gasteiger partial charge in [-0.15, -0.1) is 0 Å². The smallest absolute Gasteiger partial charge is 0.00643 e. The fourth-order valence-corrected chi connectivity index (χ4v) is 1.81. The molecule has 0 heterocycles. The molecular formula is C14H23N. The molecule has 0 aromatic heterocycles. The second-order valence-electron chi connectivity index (χ2n) is 4.35. The molecule has 1 aromatic carbocycles. The Balaban J connectivity index is 2.31. The standard InChI is InChI=1S/C14H23N/c1-4-15-13(3)12(2)10-11-14-8-6-5-7-9-14/h5-9,12-13,15H,4,10-11H2,1-3H3. The molecule has 2 atom stereocenters. The van der Waals surface area contributed by atoms with Crippen molar-refractivity contribution in [3.05, 3.63) is 35.9 Å². The van der Waals surface area contributed by atoms with E-state index in [-0.39, 0.29) is 0 Å². The van der Waals surface area contributed by atoms with Crippen LogP contribution >= 0.6 is 0 Å². The van der Waals surface area contributed by atoms with Crippen molar-refractivity contribution in [2.75, 3.05) is 6.54 Å². The summed E-state index contributed by atoms with van der Waals surface area (Å²) in [5.41, 5.74) is 1.45. The van der Waals surface area contributed by atoms with Crippen LogP contribution in [0.25, 0.3) is 0 Å². The van der Waals surface area contributed by atoms with Gasteiger partial charge in [-0.3, -0.25) is 0 Å². The van der Waals surface area contributed by atoms with Crippen LogP contribution in [-0.2, 0) is 6.42 Å². The zero-order valence-corrected chi connectivity index (χ0v) is 10.2. The summed E-state index contributed by atoms with van der Waals surface area (Å²) in [4.78, 5) is 0. The van der Waals surface area contributed by atoms with E-state index in [1.807, 2.05) is 0 Å². The maximum absolute atomic E-state index is 3.48. The Hall–Kier alpha value is -0.820. The van der Waals surface area contributed by atoms with Gasteiger partial charge in [0.25, 0.3) is 0 Å². The molecule has 0 aliphatic carbocycles.